The van der Waals surface area contributed by atoms with E-state index in [0.717, 1.165) is 12.8 Å². The Labute approximate surface area is 216 Å². The van der Waals surface area contributed by atoms with Crippen molar-refractivity contribution in [1.29, 1.82) is 0 Å². The molecule has 1 unspecified atom stereocenters. The van der Waals surface area contributed by atoms with Crippen molar-refractivity contribution in [3.63, 3.8) is 0 Å². The molecule has 1 rings (SSSR count). The van der Waals surface area contributed by atoms with Crippen molar-refractivity contribution in [2.24, 2.45) is 11.8 Å². The van der Waals surface area contributed by atoms with Crippen LogP contribution in [0.4, 0.5) is 0 Å². The number of hydrogen-bond acceptors (Lipinski definition) is 4. The van der Waals surface area contributed by atoms with Crippen LogP contribution in [0.1, 0.15) is 135 Å². The molecular weight excluding hydrogens is 423 g/mol. The second kappa shape index (κ2) is 20.8. The van der Waals surface area contributed by atoms with Gasteiger partial charge in [0.2, 0.25) is 0 Å². The van der Waals surface area contributed by atoms with E-state index >= 15 is 0 Å². The van der Waals surface area contributed by atoms with Crippen LogP contribution >= 0.6 is 12.9 Å². The van der Waals surface area contributed by atoms with Crippen LogP contribution in [-0.4, -0.2) is 43.7 Å². The molecule has 1 fully saturated rings. The molecule has 0 aromatic heterocycles. The molecule has 1 atom stereocenters. The third-order valence-electron chi connectivity index (χ3n) is 6.78. The summed E-state index contributed by atoms with van der Waals surface area (Å²) >= 11 is 3.55. The molecule has 0 aromatic carbocycles. The number of hydrogen-bond donors (Lipinski definition) is 1. The predicted molar refractivity (Wildman–Crippen MR) is 136 cm³/mol. The fourth-order valence-electron chi connectivity index (χ4n) is 4.95. The van der Waals surface area contributed by atoms with Gasteiger partial charge < -0.3 is 0 Å². The molecule has 176 valence electrons. The van der Waals surface area contributed by atoms with Gasteiger partial charge in [-0.25, -0.2) is 3.63 Å². The van der Waals surface area contributed by atoms with Crippen LogP contribution < -0.4 is 0 Å². The zero-order valence-corrected chi connectivity index (χ0v) is 20.8. The SMILES string of the molecule is CCCCCCCCCCCCCCCCC(CS(=O)(=O)OS)C1CCCCC1.[NaH]. The summed E-state index contributed by atoms with van der Waals surface area (Å²) in [5, 5.41) is 0. The van der Waals surface area contributed by atoms with Gasteiger partial charge >= 0.3 is 29.6 Å². The van der Waals surface area contributed by atoms with Crippen LogP contribution in [0.5, 0.6) is 0 Å². The second-order valence-electron chi connectivity index (χ2n) is 9.34. The van der Waals surface area contributed by atoms with Gasteiger partial charge in [-0.3, -0.25) is 0 Å². The molecular formula is C24H49NaO3S2. The Bertz CT molecular complexity index is 465. The molecule has 1 aliphatic carbocycles. The van der Waals surface area contributed by atoms with Crippen molar-refractivity contribution in [1.82, 2.24) is 0 Å². The van der Waals surface area contributed by atoms with Crippen molar-refractivity contribution in [3.8, 4) is 0 Å². The van der Waals surface area contributed by atoms with Crippen molar-refractivity contribution in [2.75, 3.05) is 5.75 Å². The third-order valence-corrected chi connectivity index (χ3v) is 8.52. The molecule has 0 aliphatic heterocycles. The van der Waals surface area contributed by atoms with E-state index in [-0.39, 0.29) is 41.2 Å². The molecule has 0 heterocycles. The molecule has 0 radical (unpaired) electrons. The molecule has 3 nitrogen and oxygen atoms in total. The van der Waals surface area contributed by atoms with Crippen LogP contribution in [0.15, 0.2) is 0 Å². The normalized spacial score (nSPS) is 16.3. The van der Waals surface area contributed by atoms with E-state index < -0.39 is 10.1 Å². The Morgan fingerprint density at radius 3 is 1.63 bits per heavy atom. The molecule has 0 spiro atoms. The van der Waals surface area contributed by atoms with E-state index in [2.05, 4.69) is 23.5 Å². The van der Waals surface area contributed by atoms with Gasteiger partial charge in [0.15, 0.2) is 0 Å². The van der Waals surface area contributed by atoms with Crippen LogP contribution in [-0.2, 0) is 13.7 Å². The average molecular weight is 473 g/mol. The maximum atomic E-state index is 11.9. The van der Waals surface area contributed by atoms with Crippen LogP contribution in [0.2, 0.25) is 0 Å². The molecule has 0 N–H and O–H groups in total. The molecule has 30 heavy (non-hydrogen) atoms. The van der Waals surface area contributed by atoms with E-state index in [1.54, 1.807) is 0 Å². The van der Waals surface area contributed by atoms with E-state index in [1.807, 2.05) is 0 Å². The summed E-state index contributed by atoms with van der Waals surface area (Å²) in [4.78, 5) is 0. The van der Waals surface area contributed by atoms with Gasteiger partial charge in [0.25, 0.3) is 10.1 Å². The predicted octanol–water partition coefficient (Wildman–Crippen LogP) is 7.60. The Kier molecular flexibility index (Phi) is 21.7. The Morgan fingerprint density at radius 1 is 0.767 bits per heavy atom. The number of thiol groups is 1. The molecule has 1 aliphatic rings. The van der Waals surface area contributed by atoms with Gasteiger partial charge in [0, 0.05) is 0 Å². The van der Waals surface area contributed by atoms with Gasteiger partial charge in [-0.15, -0.1) is 0 Å². The van der Waals surface area contributed by atoms with E-state index in [4.69, 9.17) is 0 Å². The third kappa shape index (κ3) is 16.8. The van der Waals surface area contributed by atoms with E-state index in [9.17, 15) is 8.42 Å². The first kappa shape index (κ1) is 31.3. The molecule has 0 amide bonds. The van der Waals surface area contributed by atoms with Gasteiger partial charge in [-0.1, -0.05) is 129 Å². The molecule has 0 aromatic rings. The minimum atomic E-state index is -3.47. The summed E-state index contributed by atoms with van der Waals surface area (Å²) in [6.07, 6.45) is 26.2. The van der Waals surface area contributed by atoms with Gasteiger partial charge in [0.05, 0.1) is 5.75 Å². The van der Waals surface area contributed by atoms with Crippen molar-refractivity contribution < 1.29 is 12.0 Å². The van der Waals surface area contributed by atoms with Crippen LogP contribution in [0, 0.1) is 11.8 Å². The van der Waals surface area contributed by atoms with E-state index in [1.165, 1.54) is 116 Å². The number of unbranched alkanes of at least 4 members (excludes halogenated alkanes) is 13. The fraction of sp³-hybridized carbons (Fsp3) is 1.00. The van der Waals surface area contributed by atoms with Crippen molar-refractivity contribution in [3.05, 3.63) is 0 Å². The first-order valence-corrected chi connectivity index (χ1v) is 14.6. The molecule has 6 heteroatoms. The quantitative estimate of drug-likeness (QED) is 0.0911. The van der Waals surface area contributed by atoms with Crippen molar-refractivity contribution in [2.45, 2.75) is 135 Å². The summed E-state index contributed by atoms with van der Waals surface area (Å²) in [5.41, 5.74) is 0. The summed E-state index contributed by atoms with van der Waals surface area (Å²) in [7, 11) is -3.47. The summed E-state index contributed by atoms with van der Waals surface area (Å²) < 4.78 is 28.3. The summed E-state index contributed by atoms with van der Waals surface area (Å²) in [6, 6.07) is 0. The topological polar surface area (TPSA) is 43.4 Å². The Morgan fingerprint density at radius 2 is 1.20 bits per heavy atom. The first-order chi connectivity index (χ1) is 14.1. The van der Waals surface area contributed by atoms with Gasteiger partial charge in [-0.2, -0.15) is 8.42 Å². The molecule has 0 saturated heterocycles. The first-order valence-electron chi connectivity index (χ1n) is 12.6. The molecule has 0 bridgehead atoms. The monoisotopic (exact) mass is 472 g/mol. The standard InChI is InChI=1S/C24H48O3S2.Na.H/c1-2-3-4-5-6-7-8-9-10-11-12-13-14-16-21-24(22-29(25,26)27-28)23-19-17-15-18-20-23;;/h23-24,28H,2-22H2,1H3;;. The fourth-order valence-corrected chi connectivity index (χ4v) is 6.16. The zero-order valence-electron chi connectivity index (χ0n) is 19.1. The summed E-state index contributed by atoms with van der Waals surface area (Å²) in [6.45, 7) is 2.28. The second-order valence-corrected chi connectivity index (χ2v) is 11.4. The van der Waals surface area contributed by atoms with Crippen LogP contribution in [0.25, 0.3) is 0 Å². The van der Waals surface area contributed by atoms with Crippen LogP contribution in [0.3, 0.4) is 0 Å². The molecule has 1 saturated carbocycles. The maximum absolute atomic E-state index is 11.9. The number of rotatable bonds is 19. The average Bonchev–Trinajstić information content (AvgIpc) is 2.73. The van der Waals surface area contributed by atoms with Gasteiger partial charge in [-0.05, 0) is 31.2 Å². The zero-order chi connectivity index (χ0) is 21.2. The van der Waals surface area contributed by atoms with Gasteiger partial charge in [0.1, 0.15) is 0 Å². The Balaban J connectivity index is 0.00000841. The summed E-state index contributed by atoms with van der Waals surface area (Å²) in [5.74, 6) is 0.966. The minimum absolute atomic E-state index is 0. The van der Waals surface area contributed by atoms with Crippen molar-refractivity contribution >= 4 is 52.6 Å². The van der Waals surface area contributed by atoms with E-state index in [0.29, 0.717) is 5.92 Å². The Hall–Kier alpha value is 1.26.